The summed E-state index contributed by atoms with van der Waals surface area (Å²) in [6.45, 7) is 9.90. The SMILES string of the molecule is CCC(CC)Nc1cc(C)nc(Oc2c(C)cc(-c3nnco3)cc2C)c1C(=O)OC. The monoisotopic (exact) mass is 424 g/mol. The zero-order chi connectivity index (χ0) is 22.5. The van der Waals surface area contributed by atoms with Gasteiger partial charge in [0.2, 0.25) is 18.2 Å². The van der Waals surface area contributed by atoms with Crippen LogP contribution < -0.4 is 10.1 Å². The van der Waals surface area contributed by atoms with Crippen LogP contribution in [-0.4, -0.2) is 34.3 Å². The lowest BCUT2D eigenvalue weighted by Crippen LogP contribution is -2.20. The van der Waals surface area contributed by atoms with Crippen molar-refractivity contribution in [1.29, 1.82) is 0 Å². The Morgan fingerprint density at radius 3 is 2.35 bits per heavy atom. The third kappa shape index (κ3) is 4.84. The number of rotatable bonds is 8. The third-order valence-corrected chi connectivity index (χ3v) is 5.12. The van der Waals surface area contributed by atoms with Crippen LogP contribution in [0, 0.1) is 20.8 Å². The van der Waals surface area contributed by atoms with Crippen LogP contribution in [0.5, 0.6) is 11.6 Å². The van der Waals surface area contributed by atoms with E-state index in [2.05, 4.69) is 34.3 Å². The van der Waals surface area contributed by atoms with E-state index in [-0.39, 0.29) is 17.5 Å². The number of anilines is 1. The molecule has 8 heteroatoms. The highest BCUT2D eigenvalue weighted by Gasteiger charge is 2.24. The van der Waals surface area contributed by atoms with Gasteiger partial charge in [0.15, 0.2) is 0 Å². The van der Waals surface area contributed by atoms with Gasteiger partial charge < -0.3 is 19.2 Å². The molecular weight excluding hydrogens is 396 g/mol. The first-order chi connectivity index (χ1) is 14.9. The van der Waals surface area contributed by atoms with Crippen LogP contribution in [0.15, 0.2) is 29.0 Å². The van der Waals surface area contributed by atoms with Crippen molar-refractivity contribution < 1.29 is 18.7 Å². The summed E-state index contributed by atoms with van der Waals surface area (Å²) in [4.78, 5) is 17.2. The van der Waals surface area contributed by atoms with Gasteiger partial charge in [-0.15, -0.1) is 10.2 Å². The summed E-state index contributed by atoms with van der Waals surface area (Å²) in [5, 5.41) is 11.1. The van der Waals surface area contributed by atoms with Gasteiger partial charge in [0.25, 0.3) is 0 Å². The van der Waals surface area contributed by atoms with Gasteiger partial charge in [-0.25, -0.2) is 9.78 Å². The number of carbonyl (C=O) groups excluding carboxylic acids is 1. The molecular formula is C23H28N4O4. The zero-order valence-electron chi connectivity index (χ0n) is 18.8. The number of benzene rings is 1. The van der Waals surface area contributed by atoms with E-state index < -0.39 is 5.97 Å². The predicted molar refractivity (Wildman–Crippen MR) is 118 cm³/mol. The van der Waals surface area contributed by atoms with Crippen molar-refractivity contribution in [2.75, 3.05) is 12.4 Å². The summed E-state index contributed by atoms with van der Waals surface area (Å²) < 4.78 is 16.6. The van der Waals surface area contributed by atoms with E-state index >= 15 is 0 Å². The number of pyridine rings is 1. The second-order valence-corrected chi connectivity index (χ2v) is 7.43. The maximum atomic E-state index is 12.7. The van der Waals surface area contributed by atoms with Gasteiger partial charge in [0.05, 0.1) is 12.8 Å². The van der Waals surface area contributed by atoms with Crippen molar-refractivity contribution in [2.24, 2.45) is 0 Å². The highest BCUT2D eigenvalue weighted by Crippen LogP contribution is 2.36. The molecule has 0 aliphatic heterocycles. The topological polar surface area (TPSA) is 99.4 Å². The molecule has 0 spiro atoms. The van der Waals surface area contributed by atoms with E-state index in [1.165, 1.54) is 13.5 Å². The second kappa shape index (κ2) is 9.59. The highest BCUT2D eigenvalue weighted by molar-refractivity contribution is 5.98. The maximum absolute atomic E-state index is 12.7. The molecule has 0 saturated carbocycles. The summed E-state index contributed by atoms with van der Waals surface area (Å²) in [6, 6.07) is 5.85. The fourth-order valence-corrected chi connectivity index (χ4v) is 3.47. The number of aromatic nitrogens is 3. The first kappa shape index (κ1) is 22.3. The van der Waals surface area contributed by atoms with Crippen LogP contribution in [-0.2, 0) is 4.74 Å². The molecule has 0 radical (unpaired) electrons. The van der Waals surface area contributed by atoms with Crippen molar-refractivity contribution in [3.8, 4) is 23.1 Å². The summed E-state index contributed by atoms with van der Waals surface area (Å²) in [5.41, 5.74) is 4.15. The quantitative estimate of drug-likeness (QED) is 0.490. The maximum Gasteiger partial charge on any atom is 0.345 e. The first-order valence-corrected chi connectivity index (χ1v) is 10.3. The Balaban J connectivity index is 2.06. The predicted octanol–water partition coefficient (Wildman–Crippen LogP) is 5.24. The van der Waals surface area contributed by atoms with Crippen LogP contribution in [0.3, 0.4) is 0 Å². The van der Waals surface area contributed by atoms with Crippen LogP contribution in [0.1, 0.15) is 53.9 Å². The van der Waals surface area contributed by atoms with Crippen molar-refractivity contribution in [2.45, 2.75) is 53.5 Å². The average Bonchev–Trinajstić information content (AvgIpc) is 3.28. The minimum Gasteiger partial charge on any atom is -0.465 e. The Morgan fingerprint density at radius 2 is 1.81 bits per heavy atom. The van der Waals surface area contributed by atoms with Gasteiger partial charge in [-0.3, -0.25) is 0 Å². The lowest BCUT2D eigenvalue weighted by molar-refractivity contribution is 0.0598. The van der Waals surface area contributed by atoms with Gasteiger partial charge in [0.1, 0.15) is 11.3 Å². The Kier molecular flexibility index (Phi) is 6.89. The minimum absolute atomic E-state index is 0.206. The number of carbonyl (C=O) groups is 1. The van der Waals surface area contributed by atoms with Crippen molar-refractivity contribution in [1.82, 2.24) is 15.2 Å². The number of esters is 1. The van der Waals surface area contributed by atoms with Gasteiger partial charge in [0, 0.05) is 17.3 Å². The molecule has 1 N–H and O–H groups in total. The summed E-state index contributed by atoms with van der Waals surface area (Å²) >= 11 is 0. The van der Waals surface area contributed by atoms with E-state index in [1.54, 1.807) is 0 Å². The Labute approximate surface area is 182 Å². The number of aryl methyl sites for hydroxylation is 3. The van der Waals surface area contributed by atoms with Crippen LogP contribution in [0.2, 0.25) is 0 Å². The molecule has 2 heterocycles. The van der Waals surface area contributed by atoms with Crippen LogP contribution in [0.4, 0.5) is 5.69 Å². The van der Waals surface area contributed by atoms with E-state index in [1.807, 2.05) is 39.0 Å². The number of methoxy groups -OCH3 is 1. The van der Waals surface area contributed by atoms with E-state index in [0.717, 1.165) is 35.2 Å². The summed E-state index contributed by atoms with van der Waals surface area (Å²) in [5.74, 6) is 0.740. The fourth-order valence-electron chi connectivity index (χ4n) is 3.47. The Bertz CT molecular complexity index is 1040. The minimum atomic E-state index is -0.506. The van der Waals surface area contributed by atoms with E-state index in [0.29, 0.717) is 17.3 Å². The lowest BCUT2D eigenvalue weighted by Gasteiger charge is -2.21. The summed E-state index contributed by atoms with van der Waals surface area (Å²) in [7, 11) is 1.35. The number of ether oxygens (including phenoxy) is 2. The van der Waals surface area contributed by atoms with Crippen LogP contribution in [0.25, 0.3) is 11.5 Å². The summed E-state index contributed by atoms with van der Waals surface area (Å²) in [6.07, 6.45) is 3.13. The van der Waals surface area contributed by atoms with Gasteiger partial charge in [-0.05, 0) is 62.9 Å². The van der Waals surface area contributed by atoms with E-state index in [9.17, 15) is 4.79 Å². The van der Waals surface area contributed by atoms with Gasteiger partial charge >= 0.3 is 5.97 Å². The number of hydrogen-bond acceptors (Lipinski definition) is 8. The lowest BCUT2D eigenvalue weighted by atomic mass is 10.1. The second-order valence-electron chi connectivity index (χ2n) is 7.43. The van der Waals surface area contributed by atoms with Gasteiger partial charge in [-0.2, -0.15) is 0 Å². The van der Waals surface area contributed by atoms with Gasteiger partial charge in [-0.1, -0.05) is 13.8 Å². The van der Waals surface area contributed by atoms with Crippen LogP contribution >= 0.6 is 0 Å². The molecule has 3 aromatic rings. The Hall–Kier alpha value is -3.42. The standard InChI is InChI=1S/C23H28N4O4/c1-7-17(8-2)26-18-11-15(5)25-22(19(18)23(28)29-6)31-20-13(3)9-16(10-14(20)4)21-27-24-12-30-21/h9-12,17H,7-8H2,1-6H3,(H,25,26). The first-order valence-electron chi connectivity index (χ1n) is 10.3. The van der Waals surface area contributed by atoms with Crippen molar-refractivity contribution in [3.05, 3.63) is 47.0 Å². The Morgan fingerprint density at radius 1 is 1.13 bits per heavy atom. The molecule has 0 aliphatic rings. The number of hydrogen-bond donors (Lipinski definition) is 1. The molecule has 0 bridgehead atoms. The molecule has 0 unspecified atom stereocenters. The largest absolute Gasteiger partial charge is 0.465 e. The average molecular weight is 425 g/mol. The normalized spacial score (nSPS) is 10.9. The third-order valence-electron chi connectivity index (χ3n) is 5.12. The van der Waals surface area contributed by atoms with Crippen molar-refractivity contribution >= 4 is 11.7 Å². The smallest absolute Gasteiger partial charge is 0.345 e. The molecule has 1 aromatic carbocycles. The molecule has 0 fully saturated rings. The molecule has 3 rings (SSSR count). The molecule has 0 amide bonds. The number of nitrogens with zero attached hydrogens (tertiary/aromatic N) is 3. The molecule has 0 aliphatic carbocycles. The molecule has 164 valence electrons. The zero-order valence-corrected chi connectivity index (χ0v) is 18.8. The van der Waals surface area contributed by atoms with E-state index in [4.69, 9.17) is 13.9 Å². The molecule has 0 saturated heterocycles. The highest BCUT2D eigenvalue weighted by atomic mass is 16.5. The fraction of sp³-hybridized carbons (Fsp3) is 0.391. The molecule has 8 nitrogen and oxygen atoms in total. The molecule has 2 aromatic heterocycles. The molecule has 31 heavy (non-hydrogen) atoms. The van der Waals surface area contributed by atoms with Crippen molar-refractivity contribution in [3.63, 3.8) is 0 Å². The number of nitrogens with one attached hydrogen (secondary N) is 1. The molecule has 0 atom stereocenters.